The summed E-state index contributed by atoms with van der Waals surface area (Å²) in [7, 11) is 4.71. The Labute approximate surface area is 184 Å². The average molecular weight is 432 g/mol. The molecule has 0 aliphatic rings. The Balaban J connectivity index is 1.45. The van der Waals surface area contributed by atoms with Crippen LogP contribution in [0.5, 0.6) is 5.75 Å². The number of nitrogens with one attached hydrogen (secondary N) is 1. The third kappa shape index (κ3) is 3.92. The summed E-state index contributed by atoms with van der Waals surface area (Å²) in [6.45, 7) is 2.10. The Kier molecular flexibility index (Phi) is 5.63. The molecule has 0 bridgehead atoms. The van der Waals surface area contributed by atoms with Crippen LogP contribution in [0.2, 0.25) is 0 Å². The maximum atomic E-state index is 12.5. The highest BCUT2D eigenvalue weighted by Gasteiger charge is 2.16. The first-order valence-corrected chi connectivity index (χ1v) is 10.1. The van der Waals surface area contributed by atoms with E-state index >= 15 is 0 Å². The SMILES string of the molecule is C/C(COc1ccc(-c2ccccc2)cc1)=N\Nc1nc2c(c(=O)n(C)c(=O)n2C)n1C. The van der Waals surface area contributed by atoms with Crippen LogP contribution in [0.3, 0.4) is 0 Å². The van der Waals surface area contributed by atoms with E-state index in [-0.39, 0.29) is 6.61 Å². The van der Waals surface area contributed by atoms with Gasteiger partial charge in [0.2, 0.25) is 5.95 Å². The predicted molar refractivity (Wildman–Crippen MR) is 125 cm³/mol. The molecule has 0 saturated carbocycles. The maximum absolute atomic E-state index is 12.5. The van der Waals surface area contributed by atoms with E-state index in [0.717, 1.165) is 21.4 Å². The number of aryl methyl sites for hydroxylation is 2. The molecule has 0 aliphatic heterocycles. The van der Waals surface area contributed by atoms with Crippen molar-refractivity contribution in [3.8, 4) is 16.9 Å². The van der Waals surface area contributed by atoms with Gasteiger partial charge in [-0.25, -0.2) is 10.2 Å². The van der Waals surface area contributed by atoms with Gasteiger partial charge in [0.1, 0.15) is 12.4 Å². The van der Waals surface area contributed by atoms with Crippen LogP contribution in [-0.4, -0.2) is 31.0 Å². The summed E-state index contributed by atoms with van der Waals surface area (Å²) in [5, 5.41) is 4.30. The first-order valence-electron chi connectivity index (χ1n) is 10.1. The Morgan fingerprint density at radius 1 is 0.938 bits per heavy atom. The molecule has 9 nitrogen and oxygen atoms in total. The molecule has 0 aliphatic carbocycles. The molecule has 2 heterocycles. The van der Waals surface area contributed by atoms with Crippen LogP contribution < -0.4 is 21.4 Å². The van der Waals surface area contributed by atoms with E-state index in [0.29, 0.717) is 22.8 Å². The van der Waals surface area contributed by atoms with Gasteiger partial charge >= 0.3 is 5.69 Å². The molecule has 9 heteroatoms. The van der Waals surface area contributed by atoms with Gasteiger partial charge in [-0.3, -0.25) is 13.9 Å². The number of hydrazone groups is 1. The van der Waals surface area contributed by atoms with Crippen molar-refractivity contribution in [2.45, 2.75) is 6.92 Å². The quantitative estimate of drug-likeness (QED) is 0.373. The summed E-state index contributed by atoms with van der Waals surface area (Å²) in [4.78, 5) is 28.9. The topological polar surface area (TPSA) is 95.4 Å². The molecule has 4 aromatic rings. The van der Waals surface area contributed by atoms with Gasteiger partial charge in [0.25, 0.3) is 5.56 Å². The number of hydrogen-bond acceptors (Lipinski definition) is 6. The van der Waals surface area contributed by atoms with Gasteiger partial charge < -0.3 is 9.30 Å². The second kappa shape index (κ2) is 8.54. The highest BCUT2D eigenvalue weighted by atomic mass is 16.5. The summed E-state index contributed by atoms with van der Waals surface area (Å²) < 4.78 is 9.78. The van der Waals surface area contributed by atoms with E-state index in [4.69, 9.17) is 4.74 Å². The molecule has 1 N–H and O–H groups in total. The minimum Gasteiger partial charge on any atom is -0.488 e. The number of imidazole rings is 1. The molecule has 164 valence electrons. The minimum atomic E-state index is -0.432. The molecule has 2 aromatic heterocycles. The Bertz CT molecular complexity index is 1410. The molecule has 4 rings (SSSR count). The number of fused-ring (bicyclic) bond motifs is 1. The molecule has 0 saturated heterocycles. The number of nitrogens with zero attached hydrogens (tertiary/aromatic N) is 5. The lowest BCUT2D eigenvalue weighted by Gasteiger charge is -2.08. The summed E-state index contributed by atoms with van der Waals surface area (Å²) >= 11 is 0. The van der Waals surface area contributed by atoms with Crippen LogP contribution >= 0.6 is 0 Å². The highest BCUT2D eigenvalue weighted by Crippen LogP contribution is 2.22. The monoisotopic (exact) mass is 432 g/mol. The molecule has 32 heavy (non-hydrogen) atoms. The van der Waals surface area contributed by atoms with Crippen LogP contribution in [-0.2, 0) is 21.1 Å². The van der Waals surface area contributed by atoms with Gasteiger partial charge in [0, 0.05) is 21.1 Å². The fourth-order valence-corrected chi connectivity index (χ4v) is 3.36. The lowest BCUT2D eigenvalue weighted by atomic mass is 10.1. The maximum Gasteiger partial charge on any atom is 0.332 e. The van der Waals surface area contributed by atoms with Crippen LogP contribution in [0, 0.1) is 0 Å². The Hall–Kier alpha value is -4.14. The van der Waals surface area contributed by atoms with E-state index in [1.54, 1.807) is 18.7 Å². The molecule has 0 amide bonds. The van der Waals surface area contributed by atoms with Crippen LogP contribution in [0.25, 0.3) is 22.3 Å². The van der Waals surface area contributed by atoms with Crippen LogP contribution in [0.15, 0.2) is 69.3 Å². The number of ether oxygens (including phenoxy) is 1. The molecule has 0 fully saturated rings. The third-order valence-electron chi connectivity index (χ3n) is 5.23. The summed E-state index contributed by atoms with van der Waals surface area (Å²) in [5.74, 6) is 1.09. The zero-order chi connectivity index (χ0) is 22.8. The summed E-state index contributed by atoms with van der Waals surface area (Å²) in [5.41, 5.74) is 5.59. The fourth-order valence-electron chi connectivity index (χ4n) is 3.36. The van der Waals surface area contributed by atoms with E-state index in [1.165, 1.54) is 11.6 Å². The normalized spacial score (nSPS) is 11.7. The first kappa shape index (κ1) is 21.1. The number of hydrogen-bond donors (Lipinski definition) is 1. The number of benzene rings is 2. The van der Waals surface area contributed by atoms with Gasteiger partial charge in [-0.1, -0.05) is 42.5 Å². The summed E-state index contributed by atoms with van der Waals surface area (Å²) in [6, 6.07) is 18.0. The average Bonchev–Trinajstić information content (AvgIpc) is 3.16. The van der Waals surface area contributed by atoms with E-state index < -0.39 is 11.2 Å². The van der Waals surface area contributed by atoms with E-state index in [2.05, 4.69) is 27.6 Å². The lowest BCUT2D eigenvalue weighted by Crippen LogP contribution is -2.37. The zero-order valence-electron chi connectivity index (χ0n) is 18.4. The van der Waals surface area contributed by atoms with Crippen LogP contribution in [0.4, 0.5) is 5.95 Å². The second-order valence-electron chi connectivity index (χ2n) is 7.51. The zero-order valence-corrected chi connectivity index (χ0v) is 18.4. The van der Waals surface area contributed by atoms with Crippen molar-refractivity contribution in [3.63, 3.8) is 0 Å². The van der Waals surface area contributed by atoms with Crippen molar-refractivity contribution in [2.75, 3.05) is 12.0 Å². The summed E-state index contributed by atoms with van der Waals surface area (Å²) in [6.07, 6.45) is 0. The molecular formula is C23H24N6O3. The smallest absolute Gasteiger partial charge is 0.332 e. The van der Waals surface area contributed by atoms with Gasteiger partial charge in [-0.2, -0.15) is 10.1 Å². The van der Waals surface area contributed by atoms with Crippen molar-refractivity contribution in [1.82, 2.24) is 18.7 Å². The van der Waals surface area contributed by atoms with Crippen molar-refractivity contribution < 1.29 is 4.74 Å². The molecule has 0 spiro atoms. The predicted octanol–water partition coefficient (Wildman–Crippen LogP) is 2.50. The standard InChI is InChI=1S/C23H24N6O3/c1-15(14-32-18-12-10-17(11-13-18)16-8-6-5-7-9-16)25-26-22-24-20-19(27(22)2)21(30)29(4)23(31)28(20)3/h5-13H,14H2,1-4H3,(H,24,26)/b25-15+. The van der Waals surface area contributed by atoms with E-state index in [1.807, 2.05) is 49.4 Å². The molecule has 2 aromatic carbocycles. The largest absolute Gasteiger partial charge is 0.488 e. The molecule has 0 unspecified atom stereocenters. The third-order valence-corrected chi connectivity index (χ3v) is 5.23. The lowest BCUT2D eigenvalue weighted by molar-refractivity contribution is 0.376. The van der Waals surface area contributed by atoms with Crippen molar-refractivity contribution in [1.29, 1.82) is 0 Å². The number of aromatic nitrogens is 4. The molecule has 0 atom stereocenters. The van der Waals surface area contributed by atoms with Crippen LogP contribution in [0.1, 0.15) is 6.92 Å². The van der Waals surface area contributed by atoms with Gasteiger partial charge in [0.15, 0.2) is 11.2 Å². The van der Waals surface area contributed by atoms with Crippen molar-refractivity contribution >= 4 is 22.8 Å². The second-order valence-corrected chi connectivity index (χ2v) is 7.51. The van der Waals surface area contributed by atoms with E-state index in [9.17, 15) is 9.59 Å². The molecule has 0 radical (unpaired) electrons. The van der Waals surface area contributed by atoms with Crippen molar-refractivity contribution in [3.05, 3.63) is 75.4 Å². The highest BCUT2D eigenvalue weighted by molar-refractivity contribution is 5.84. The fraction of sp³-hybridized carbons (Fsp3) is 0.217. The van der Waals surface area contributed by atoms with Crippen molar-refractivity contribution in [2.24, 2.45) is 26.2 Å². The number of rotatable bonds is 6. The first-order chi connectivity index (χ1) is 15.4. The van der Waals surface area contributed by atoms with Gasteiger partial charge in [-0.15, -0.1) is 0 Å². The Morgan fingerprint density at radius 2 is 1.59 bits per heavy atom. The Morgan fingerprint density at radius 3 is 2.28 bits per heavy atom. The number of anilines is 1. The van der Waals surface area contributed by atoms with Gasteiger partial charge in [-0.05, 0) is 30.2 Å². The van der Waals surface area contributed by atoms with Gasteiger partial charge in [0.05, 0.1) is 5.71 Å². The molecular weight excluding hydrogens is 408 g/mol. The minimum absolute atomic E-state index is 0.280.